The number of carbonyl (C=O) groups excluding carboxylic acids is 2. The second kappa shape index (κ2) is 7.30. The van der Waals surface area contributed by atoms with E-state index in [1.807, 2.05) is 43.3 Å². The highest BCUT2D eigenvalue weighted by Crippen LogP contribution is 2.24. The van der Waals surface area contributed by atoms with Gasteiger partial charge in [0.2, 0.25) is 11.9 Å². The van der Waals surface area contributed by atoms with Gasteiger partial charge in [0.05, 0.1) is 12.5 Å². The molecule has 128 valence electrons. The molecule has 2 amide bonds. The van der Waals surface area contributed by atoms with Crippen LogP contribution < -0.4 is 10.6 Å². The van der Waals surface area contributed by atoms with Gasteiger partial charge in [0.15, 0.2) is 0 Å². The summed E-state index contributed by atoms with van der Waals surface area (Å²) >= 11 is 0. The Morgan fingerprint density at radius 2 is 1.84 bits per heavy atom. The number of hydrogen-bond acceptors (Lipinski definition) is 3. The van der Waals surface area contributed by atoms with Gasteiger partial charge in [-0.3, -0.25) is 20.2 Å². The fourth-order valence-electron chi connectivity index (χ4n) is 2.71. The van der Waals surface area contributed by atoms with E-state index in [-0.39, 0.29) is 30.2 Å². The summed E-state index contributed by atoms with van der Waals surface area (Å²) < 4.78 is 0. The van der Waals surface area contributed by atoms with Crippen molar-refractivity contribution in [3.63, 3.8) is 0 Å². The average Bonchev–Trinajstić information content (AvgIpc) is 2.62. The number of nitrogens with zero attached hydrogens (tertiary/aromatic N) is 1. The number of nitrogens with one attached hydrogen (secondary N) is 2. The number of aliphatic imine (C=N–C) groups is 1. The molecule has 25 heavy (non-hydrogen) atoms. The normalized spacial score (nSPS) is 16.8. The molecule has 1 aliphatic rings. The molecule has 0 bridgehead atoms. The molecule has 2 aromatic rings. The zero-order valence-corrected chi connectivity index (χ0v) is 14.4. The summed E-state index contributed by atoms with van der Waals surface area (Å²) in [5.41, 5.74) is 3.81. The van der Waals surface area contributed by atoms with Gasteiger partial charge in [-0.2, -0.15) is 0 Å². The topological polar surface area (TPSA) is 70.6 Å². The molecular weight excluding hydrogens is 314 g/mol. The van der Waals surface area contributed by atoms with E-state index in [1.54, 1.807) is 12.1 Å². The fraction of sp³-hybridized carbons (Fsp3) is 0.250. The van der Waals surface area contributed by atoms with Crippen molar-refractivity contribution in [2.24, 2.45) is 4.99 Å². The molecule has 0 spiro atoms. The van der Waals surface area contributed by atoms with Crippen molar-refractivity contribution in [3.8, 4) is 0 Å². The smallest absolute Gasteiger partial charge is 0.257 e. The lowest BCUT2D eigenvalue weighted by Crippen LogP contribution is -2.47. The van der Waals surface area contributed by atoms with E-state index in [9.17, 15) is 9.59 Å². The van der Waals surface area contributed by atoms with Gasteiger partial charge in [-0.1, -0.05) is 48.9 Å². The van der Waals surface area contributed by atoms with Gasteiger partial charge < -0.3 is 0 Å². The van der Waals surface area contributed by atoms with Crippen LogP contribution >= 0.6 is 0 Å². The maximum absolute atomic E-state index is 12.3. The van der Waals surface area contributed by atoms with Crippen molar-refractivity contribution in [2.75, 3.05) is 0 Å². The first kappa shape index (κ1) is 16.9. The van der Waals surface area contributed by atoms with Gasteiger partial charge in [-0.25, -0.2) is 4.99 Å². The van der Waals surface area contributed by atoms with Crippen LogP contribution in [0.2, 0.25) is 0 Å². The number of benzene rings is 2. The Morgan fingerprint density at radius 3 is 2.48 bits per heavy atom. The number of aryl methyl sites for hydroxylation is 2. The molecule has 0 aromatic heterocycles. The zero-order chi connectivity index (χ0) is 17.8. The summed E-state index contributed by atoms with van der Waals surface area (Å²) in [6.07, 6.45) is 1.24. The summed E-state index contributed by atoms with van der Waals surface area (Å²) in [4.78, 5) is 28.8. The Labute approximate surface area is 147 Å². The van der Waals surface area contributed by atoms with Crippen molar-refractivity contribution >= 4 is 17.8 Å². The maximum Gasteiger partial charge on any atom is 0.257 e. The molecule has 0 fully saturated rings. The van der Waals surface area contributed by atoms with E-state index in [0.29, 0.717) is 5.56 Å². The van der Waals surface area contributed by atoms with E-state index in [4.69, 9.17) is 0 Å². The number of hydrogen-bond donors (Lipinski definition) is 2. The van der Waals surface area contributed by atoms with Gasteiger partial charge in [0.25, 0.3) is 5.91 Å². The van der Waals surface area contributed by atoms with Crippen molar-refractivity contribution in [3.05, 3.63) is 70.8 Å². The van der Waals surface area contributed by atoms with Crippen molar-refractivity contribution in [1.29, 1.82) is 0 Å². The predicted molar refractivity (Wildman–Crippen MR) is 97.4 cm³/mol. The Hall–Kier alpha value is -2.95. The van der Waals surface area contributed by atoms with Gasteiger partial charge in [0, 0.05) is 5.56 Å². The first-order valence-corrected chi connectivity index (χ1v) is 8.39. The third-order valence-electron chi connectivity index (χ3n) is 4.24. The lowest BCUT2D eigenvalue weighted by molar-refractivity contribution is -0.120. The lowest BCUT2D eigenvalue weighted by Gasteiger charge is -2.21. The first-order valence-electron chi connectivity index (χ1n) is 8.39. The minimum absolute atomic E-state index is 0.154. The zero-order valence-electron chi connectivity index (χ0n) is 14.4. The molecule has 1 atom stereocenters. The fourth-order valence-corrected chi connectivity index (χ4v) is 2.71. The third-order valence-corrected chi connectivity index (χ3v) is 4.24. The molecule has 0 saturated heterocycles. The highest BCUT2D eigenvalue weighted by molar-refractivity contribution is 6.10. The summed E-state index contributed by atoms with van der Waals surface area (Å²) in [6, 6.07) is 15.0. The molecule has 2 aromatic carbocycles. The number of carbonyl (C=O) groups is 2. The standard InChI is InChI=1S/C20H21N3O2/c1-3-14-6-10-15(11-7-14)17-12-18(24)22-20(21-17)23-19(25)16-8-4-13(2)5-9-16/h4-11,17H,3,12H2,1-2H3,(H2,21,22,23,24,25). The van der Waals surface area contributed by atoms with Crippen molar-refractivity contribution in [2.45, 2.75) is 32.7 Å². The minimum Gasteiger partial charge on any atom is -0.296 e. The van der Waals surface area contributed by atoms with Crippen LogP contribution in [0.25, 0.3) is 0 Å². The molecule has 0 aliphatic carbocycles. The molecule has 1 unspecified atom stereocenters. The van der Waals surface area contributed by atoms with Gasteiger partial charge >= 0.3 is 0 Å². The van der Waals surface area contributed by atoms with Gasteiger partial charge in [-0.15, -0.1) is 0 Å². The predicted octanol–water partition coefficient (Wildman–Crippen LogP) is 2.90. The van der Waals surface area contributed by atoms with E-state index in [2.05, 4.69) is 22.5 Å². The number of rotatable bonds is 3. The second-order valence-electron chi connectivity index (χ2n) is 6.16. The van der Waals surface area contributed by atoms with E-state index in [1.165, 1.54) is 5.56 Å². The van der Waals surface area contributed by atoms with E-state index < -0.39 is 0 Å². The van der Waals surface area contributed by atoms with Crippen LogP contribution in [0.3, 0.4) is 0 Å². The van der Waals surface area contributed by atoms with Crippen LogP contribution in [0.1, 0.15) is 46.4 Å². The van der Waals surface area contributed by atoms with Gasteiger partial charge in [-0.05, 0) is 36.6 Å². The SMILES string of the molecule is CCc1ccc(C2CC(=O)NC(NC(=O)c3ccc(C)cc3)=N2)cc1. The largest absolute Gasteiger partial charge is 0.296 e. The Bertz CT molecular complexity index is 808. The molecule has 5 nitrogen and oxygen atoms in total. The molecule has 1 heterocycles. The van der Waals surface area contributed by atoms with Crippen LogP contribution in [0, 0.1) is 6.92 Å². The summed E-state index contributed by atoms with van der Waals surface area (Å²) in [7, 11) is 0. The van der Waals surface area contributed by atoms with Crippen LogP contribution in [-0.4, -0.2) is 17.8 Å². The Balaban J connectivity index is 1.77. The van der Waals surface area contributed by atoms with E-state index in [0.717, 1.165) is 17.5 Å². The summed E-state index contributed by atoms with van der Waals surface area (Å²) in [5.74, 6) is -0.244. The van der Waals surface area contributed by atoms with Gasteiger partial charge in [0.1, 0.15) is 0 Å². The Morgan fingerprint density at radius 1 is 1.16 bits per heavy atom. The highest BCUT2D eigenvalue weighted by Gasteiger charge is 2.23. The van der Waals surface area contributed by atoms with Crippen molar-refractivity contribution < 1.29 is 9.59 Å². The van der Waals surface area contributed by atoms with Crippen LogP contribution in [-0.2, 0) is 11.2 Å². The summed E-state index contributed by atoms with van der Waals surface area (Å²) in [5, 5.41) is 5.32. The lowest BCUT2D eigenvalue weighted by atomic mass is 10.0. The van der Waals surface area contributed by atoms with E-state index >= 15 is 0 Å². The average molecular weight is 335 g/mol. The molecule has 1 aliphatic heterocycles. The minimum atomic E-state index is -0.291. The third kappa shape index (κ3) is 4.12. The number of amides is 2. The van der Waals surface area contributed by atoms with Crippen molar-refractivity contribution in [1.82, 2.24) is 10.6 Å². The molecule has 0 saturated carbocycles. The summed E-state index contributed by atoms with van der Waals surface area (Å²) in [6.45, 7) is 4.06. The second-order valence-corrected chi connectivity index (χ2v) is 6.16. The Kier molecular flexibility index (Phi) is 4.93. The van der Waals surface area contributed by atoms with Crippen LogP contribution in [0.5, 0.6) is 0 Å². The molecular formula is C20H21N3O2. The molecule has 0 radical (unpaired) electrons. The highest BCUT2D eigenvalue weighted by atomic mass is 16.2. The monoisotopic (exact) mass is 335 g/mol. The van der Waals surface area contributed by atoms with Crippen LogP contribution in [0.15, 0.2) is 53.5 Å². The molecule has 5 heteroatoms. The number of guanidine groups is 1. The first-order chi connectivity index (χ1) is 12.0. The molecule has 3 rings (SSSR count). The quantitative estimate of drug-likeness (QED) is 0.905. The van der Waals surface area contributed by atoms with Crippen LogP contribution in [0.4, 0.5) is 0 Å². The molecule has 2 N–H and O–H groups in total. The maximum atomic E-state index is 12.3.